The van der Waals surface area contributed by atoms with Gasteiger partial charge in [-0.1, -0.05) is 6.58 Å². The molecule has 6 heteroatoms. The number of hydrogen-bond donors (Lipinski definition) is 5. The molecule has 1 aliphatic rings. The van der Waals surface area contributed by atoms with Gasteiger partial charge in [0, 0.05) is 5.57 Å². The molecule has 1 unspecified atom stereocenters. The van der Waals surface area contributed by atoms with Gasteiger partial charge in [-0.3, -0.25) is 0 Å². The lowest BCUT2D eigenvalue weighted by Crippen LogP contribution is -2.48. The van der Waals surface area contributed by atoms with Crippen molar-refractivity contribution in [3.05, 3.63) is 23.7 Å². The van der Waals surface area contributed by atoms with E-state index in [2.05, 4.69) is 6.58 Å². The third-order valence-electron chi connectivity index (χ3n) is 1.99. The van der Waals surface area contributed by atoms with Gasteiger partial charge in [0.25, 0.3) is 0 Å². The Morgan fingerprint density at radius 1 is 1.36 bits per heavy atom. The van der Waals surface area contributed by atoms with Crippen molar-refractivity contribution in [2.45, 2.75) is 11.9 Å². The third-order valence-corrected chi connectivity index (χ3v) is 1.99. The molecule has 1 aliphatic heterocycles. The van der Waals surface area contributed by atoms with Gasteiger partial charge in [-0.25, -0.2) is 0 Å². The number of aliphatic hydroxyl groups is 5. The predicted molar refractivity (Wildman–Crippen MR) is 45.4 cm³/mol. The maximum Gasteiger partial charge on any atom is 0.199 e. The quantitative estimate of drug-likeness (QED) is 0.348. The smallest absolute Gasteiger partial charge is 0.199 e. The molecule has 0 aliphatic carbocycles. The molecule has 0 fully saturated rings. The van der Waals surface area contributed by atoms with Crippen molar-refractivity contribution < 1.29 is 30.3 Å². The molecule has 1 rings (SSSR count). The van der Waals surface area contributed by atoms with Gasteiger partial charge in [-0.2, -0.15) is 0 Å². The Morgan fingerprint density at radius 2 is 1.93 bits per heavy atom. The molecule has 6 nitrogen and oxygen atoms in total. The minimum Gasteiger partial charge on any atom is -0.506 e. The summed E-state index contributed by atoms with van der Waals surface area (Å²) in [6.07, 6.45) is -2.25. The van der Waals surface area contributed by atoms with Gasteiger partial charge >= 0.3 is 0 Å². The van der Waals surface area contributed by atoms with E-state index < -0.39 is 30.0 Å². The van der Waals surface area contributed by atoms with Gasteiger partial charge in [0.05, 0.1) is 13.2 Å². The second-order valence-electron chi connectivity index (χ2n) is 3.09. The van der Waals surface area contributed by atoms with Crippen LogP contribution in [0.15, 0.2) is 23.7 Å². The highest BCUT2D eigenvalue weighted by Gasteiger charge is 2.44. The minimum atomic E-state index is -2.41. The molecule has 0 amide bonds. The largest absolute Gasteiger partial charge is 0.506 e. The van der Waals surface area contributed by atoms with Crippen molar-refractivity contribution in [1.29, 1.82) is 0 Å². The standard InChI is InChI=1S/C8H12O6/c1-4-2-14-3-8(13,7(11)12)6(10)5(4)9/h7,9-13H,1-3H2. The highest BCUT2D eigenvalue weighted by molar-refractivity contribution is 5.31. The molecule has 0 aromatic rings. The van der Waals surface area contributed by atoms with Gasteiger partial charge in [0.2, 0.25) is 0 Å². The van der Waals surface area contributed by atoms with E-state index in [1.165, 1.54) is 0 Å². The maximum atomic E-state index is 9.55. The Morgan fingerprint density at radius 3 is 2.43 bits per heavy atom. The first kappa shape index (κ1) is 11.0. The highest BCUT2D eigenvalue weighted by Crippen LogP contribution is 2.26. The van der Waals surface area contributed by atoms with Crippen LogP contribution < -0.4 is 0 Å². The minimum absolute atomic E-state index is 0.0547. The maximum absolute atomic E-state index is 9.55. The zero-order valence-corrected chi connectivity index (χ0v) is 7.34. The number of aliphatic hydroxyl groups excluding tert-OH is 3. The molecule has 0 saturated carbocycles. The Bertz CT molecular complexity index is 282. The fourth-order valence-electron chi connectivity index (χ4n) is 1.04. The summed E-state index contributed by atoms with van der Waals surface area (Å²) in [5, 5.41) is 45.8. The third kappa shape index (κ3) is 1.60. The van der Waals surface area contributed by atoms with Crippen LogP contribution in [0.25, 0.3) is 0 Å². The Balaban J connectivity index is 3.15. The lowest BCUT2D eigenvalue weighted by atomic mass is 10.0. The first-order valence-corrected chi connectivity index (χ1v) is 3.86. The van der Waals surface area contributed by atoms with Gasteiger partial charge < -0.3 is 30.3 Å². The lowest BCUT2D eigenvalue weighted by molar-refractivity contribution is -0.197. The molecular formula is C8H12O6. The van der Waals surface area contributed by atoms with Crippen LogP contribution in [-0.2, 0) is 4.74 Å². The molecule has 14 heavy (non-hydrogen) atoms. The predicted octanol–water partition coefficient (Wildman–Crippen LogP) is -1.06. The summed E-state index contributed by atoms with van der Waals surface area (Å²) in [7, 11) is 0. The fraction of sp³-hybridized carbons (Fsp3) is 0.500. The fourth-order valence-corrected chi connectivity index (χ4v) is 1.04. The average Bonchev–Trinajstić information content (AvgIpc) is 2.21. The summed E-state index contributed by atoms with van der Waals surface area (Å²) in [4.78, 5) is 0. The van der Waals surface area contributed by atoms with Gasteiger partial charge in [0.1, 0.15) is 0 Å². The van der Waals surface area contributed by atoms with Crippen LogP contribution in [0.5, 0.6) is 0 Å². The summed E-state index contributed by atoms with van der Waals surface area (Å²) < 4.78 is 4.79. The molecule has 0 radical (unpaired) electrons. The molecule has 1 heterocycles. The van der Waals surface area contributed by atoms with Crippen molar-refractivity contribution >= 4 is 0 Å². The lowest BCUT2D eigenvalue weighted by Gasteiger charge is -2.27. The number of rotatable bonds is 1. The molecule has 0 aromatic heterocycles. The topological polar surface area (TPSA) is 110 Å². The van der Waals surface area contributed by atoms with E-state index in [0.29, 0.717) is 0 Å². The van der Waals surface area contributed by atoms with Crippen LogP contribution >= 0.6 is 0 Å². The van der Waals surface area contributed by atoms with Crippen LogP contribution in [-0.4, -0.2) is 50.6 Å². The Labute approximate surface area is 80.0 Å². The molecule has 0 spiro atoms. The van der Waals surface area contributed by atoms with Crippen molar-refractivity contribution in [3.8, 4) is 0 Å². The summed E-state index contributed by atoms with van der Waals surface area (Å²) >= 11 is 0. The van der Waals surface area contributed by atoms with Crippen LogP contribution in [0.2, 0.25) is 0 Å². The molecular weight excluding hydrogens is 192 g/mol. The molecule has 1 atom stereocenters. The van der Waals surface area contributed by atoms with E-state index in [4.69, 9.17) is 14.9 Å². The van der Waals surface area contributed by atoms with Crippen LogP contribution in [0.3, 0.4) is 0 Å². The Hall–Kier alpha value is -1.08. The molecule has 80 valence electrons. The average molecular weight is 204 g/mol. The monoisotopic (exact) mass is 204 g/mol. The summed E-state index contributed by atoms with van der Waals surface area (Å²) in [5.74, 6) is -1.63. The van der Waals surface area contributed by atoms with Gasteiger partial charge in [-0.05, 0) is 0 Å². The highest BCUT2D eigenvalue weighted by atomic mass is 16.5. The summed E-state index contributed by atoms with van der Waals surface area (Å²) in [5.41, 5.74) is -2.36. The SMILES string of the molecule is C=C1COCC(O)(C(O)O)C(O)=C1O. The number of hydrogen-bond acceptors (Lipinski definition) is 6. The molecule has 5 N–H and O–H groups in total. The van der Waals surface area contributed by atoms with Crippen LogP contribution in [0.1, 0.15) is 0 Å². The van der Waals surface area contributed by atoms with E-state index in [-0.39, 0.29) is 12.2 Å². The zero-order chi connectivity index (χ0) is 10.9. The van der Waals surface area contributed by atoms with Gasteiger partial charge in [-0.15, -0.1) is 0 Å². The normalized spacial score (nSPS) is 29.6. The van der Waals surface area contributed by atoms with E-state index >= 15 is 0 Å². The van der Waals surface area contributed by atoms with E-state index in [0.717, 1.165) is 0 Å². The molecule has 0 bridgehead atoms. The second-order valence-corrected chi connectivity index (χ2v) is 3.09. The van der Waals surface area contributed by atoms with Gasteiger partial charge in [0.15, 0.2) is 23.4 Å². The zero-order valence-electron chi connectivity index (χ0n) is 7.34. The van der Waals surface area contributed by atoms with Crippen molar-refractivity contribution in [2.24, 2.45) is 0 Å². The first-order valence-electron chi connectivity index (χ1n) is 3.86. The van der Waals surface area contributed by atoms with Crippen molar-refractivity contribution in [1.82, 2.24) is 0 Å². The molecule has 0 saturated heterocycles. The van der Waals surface area contributed by atoms with Crippen LogP contribution in [0.4, 0.5) is 0 Å². The first-order chi connectivity index (χ1) is 6.39. The second kappa shape index (κ2) is 3.58. The molecule has 0 aromatic carbocycles. The summed E-state index contributed by atoms with van der Waals surface area (Å²) in [6, 6.07) is 0. The van der Waals surface area contributed by atoms with E-state index in [1.54, 1.807) is 0 Å². The van der Waals surface area contributed by atoms with E-state index in [1.807, 2.05) is 0 Å². The van der Waals surface area contributed by atoms with Crippen LogP contribution in [0, 0.1) is 0 Å². The number of ether oxygens (including phenoxy) is 1. The van der Waals surface area contributed by atoms with Crippen molar-refractivity contribution in [3.63, 3.8) is 0 Å². The summed E-state index contributed by atoms with van der Waals surface area (Å²) in [6.45, 7) is 2.71. The Kier molecular flexibility index (Phi) is 2.81. The van der Waals surface area contributed by atoms with E-state index in [9.17, 15) is 15.3 Å². The van der Waals surface area contributed by atoms with Crippen molar-refractivity contribution in [2.75, 3.05) is 13.2 Å².